The van der Waals surface area contributed by atoms with E-state index in [-0.39, 0.29) is 36.6 Å². The van der Waals surface area contributed by atoms with Crippen LogP contribution >= 0.6 is 24.8 Å². The summed E-state index contributed by atoms with van der Waals surface area (Å²) in [5, 5.41) is 5.75. The molecule has 4 N–H and O–H groups in total. The lowest BCUT2D eigenvalue weighted by atomic mass is 10.1. The van der Waals surface area contributed by atoms with Crippen LogP contribution in [0.25, 0.3) is 0 Å². The molecule has 8 heteroatoms. The van der Waals surface area contributed by atoms with Gasteiger partial charge in [0.05, 0.1) is 6.54 Å². The smallest absolute Gasteiger partial charge is 0.245 e. The van der Waals surface area contributed by atoms with E-state index in [1.807, 2.05) is 30.3 Å². The lowest BCUT2D eigenvalue weighted by molar-refractivity contribution is -0.118. The van der Waals surface area contributed by atoms with Crippen molar-refractivity contribution in [3.63, 3.8) is 0 Å². The van der Waals surface area contributed by atoms with Crippen molar-refractivity contribution in [1.29, 1.82) is 0 Å². The Morgan fingerprint density at radius 1 is 0.806 bits per heavy atom. The summed E-state index contributed by atoms with van der Waals surface area (Å²) in [6.45, 7) is 2.39. The van der Waals surface area contributed by atoms with Gasteiger partial charge in [0.2, 0.25) is 11.8 Å². The maximum atomic E-state index is 12.3. The number of hydrogen-bond acceptors (Lipinski definition) is 4. The summed E-state index contributed by atoms with van der Waals surface area (Å²) in [5.74, 6) is -0.279. The Morgan fingerprint density at radius 2 is 1.32 bits per heavy atom. The van der Waals surface area contributed by atoms with E-state index >= 15 is 0 Å². The van der Waals surface area contributed by atoms with Crippen molar-refractivity contribution in [2.24, 2.45) is 5.73 Å². The van der Waals surface area contributed by atoms with Crippen LogP contribution in [0.2, 0.25) is 0 Å². The Labute approximate surface area is 196 Å². The molecular weight excluding hydrogens is 435 g/mol. The highest BCUT2D eigenvalue weighted by Gasteiger charge is 2.16. The number of likely N-dealkylation sites (tertiary alicyclic amines) is 1. The molecule has 1 fully saturated rings. The van der Waals surface area contributed by atoms with Crippen LogP contribution < -0.4 is 16.4 Å². The fourth-order valence-corrected chi connectivity index (χ4v) is 3.54. The molecule has 1 atom stereocenters. The molecule has 1 heterocycles. The number of hydrogen-bond donors (Lipinski definition) is 3. The number of anilines is 2. The molecule has 3 rings (SSSR count). The minimum absolute atomic E-state index is 0. The van der Waals surface area contributed by atoms with Gasteiger partial charge in [-0.3, -0.25) is 14.5 Å². The number of benzene rings is 2. The first-order valence-corrected chi connectivity index (χ1v) is 10.4. The van der Waals surface area contributed by atoms with E-state index in [1.54, 1.807) is 24.3 Å². The minimum atomic E-state index is -0.728. The molecule has 0 aromatic heterocycles. The van der Waals surface area contributed by atoms with E-state index in [4.69, 9.17) is 5.73 Å². The van der Waals surface area contributed by atoms with Crippen LogP contribution in [0.5, 0.6) is 0 Å². The van der Waals surface area contributed by atoms with Crippen LogP contribution in [-0.4, -0.2) is 36.3 Å². The third kappa shape index (κ3) is 8.87. The molecule has 0 spiro atoms. The first-order valence-electron chi connectivity index (χ1n) is 10.4. The maximum absolute atomic E-state index is 12.3. The van der Waals surface area contributed by atoms with E-state index < -0.39 is 6.04 Å². The number of halogens is 2. The highest BCUT2D eigenvalue weighted by Crippen LogP contribution is 2.17. The van der Waals surface area contributed by atoms with Crippen LogP contribution in [0.15, 0.2) is 54.6 Å². The number of nitrogens with two attached hydrogens (primary N) is 1. The van der Waals surface area contributed by atoms with Crippen molar-refractivity contribution in [2.45, 2.75) is 38.1 Å². The molecule has 0 bridgehead atoms. The predicted octanol–water partition coefficient (Wildman–Crippen LogP) is 4.37. The number of nitrogens with one attached hydrogen (secondary N) is 2. The van der Waals surface area contributed by atoms with Crippen molar-refractivity contribution in [3.8, 4) is 0 Å². The first-order chi connectivity index (χ1) is 14.1. The molecular formula is C23H32Cl2N4O2. The zero-order chi connectivity index (χ0) is 20.5. The summed E-state index contributed by atoms with van der Waals surface area (Å²) in [7, 11) is 0. The van der Waals surface area contributed by atoms with Gasteiger partial charge in [0, 0.05) is 11.4 Å². The van der Waals surface area contributed by atoms with Gasteiger partial charge in [0.1, 0.15) is 6.04 Å². The second kappa shape index (κ2) is 14.0. The monoisotopic (exact) mass is 466 g/mol. The SMILES string of the molecule is Cl.Cl.NC(C(=O)Nc1ccc(NC(=O)CN2CCCCCCC2)cc1)c1ccccc1. The summed E-state index contributed by atoms with van der Waals surface area (Å²) < 4.78 is 0. The van der Waals surface area contributed by atoms with Crippen LogP contribution in [0.3, 0.4) is 0 Å². The highest BCUT2D eigenvalue weighted by atomic mass is 35.5. The van der Waals surface area contributed by atoms with Gasteiger partial charge in [-0.05, 0) is 55.8 Å². The Kier molecular flexibility index (Phi) is 12.2. The predicted molar refractivity (Wildman–Crippen MR) is 131 cm³/mol. The molecule has 2 amide bonds. The molecule has 0 saturated carbocycles. The third-order valence-corrected chi connectivity index (χ3v) is 5.19. The minimum Gasteiger partial charge on any atom is -0.325 e. The van der Waals surface area contributed by atoms with Gasteiger partial charge >= 0.3 is 0 Å². The Hall–Kier alpha value is -2.12. The molecule has 0 aliphatic carbocycles. The van der Waals surface area contributed by atoms with Gasteiger partial charge in [0.15, 0.2) is 0 Å². The maximum Gasteiger partial charge on any atom is 0.245 e. The van der Waals surface area contributed by atoms with E-state index in [1.165, 1.54) is 19.3 Å². The zero-order valence-electron chi connectivity index (χ0n) is 17.6. The number of carbonyl (C=O) groups is 2. The third-order valence-electron chi connectivity index (χ3n) is 5.19. The summed E-state index contributed by atoms with van der Waals surface area (Å²) in [5.41, 5.74) is 8.14. The Morgan fingerprint density at radius 3 is 1.90 bits per heavy atom. The van der Waals surface area contributed by atoms with Gasteiger partial charge in [0.25, 0.3) is 0 Å². The van der Waals surface area contributed by atoms with E-state index in [0.29, 0.717) is 17.9 Å². The van der Waals surface area contributed by atoms with E-state index in [2.05, 4.69) is 15.5 Å². The molecule has 1 aliphatic rings. The second-order valence-corrected chi connectivity index (χ2v) is 7.55. The van der Waals surface area contributed by atoms with Crippen molar-refractivity contribution in [3.05, 3.63) is 60.2 Å². The summed E-state index contributed by atoms with van der Waals surface area (Å²) in [4.78, 5) is 26.9. The van der Waals surface area contributed by atoms with Crippen LogP contribution in [0.1, 0.15) is 43.7 Å². The summed E-state index contributed by atoms with van der Waals surface area (Å²) in [6, 6.07) is 15.6. The second-order valence-electron chi connectivity index (χ2n) is 7.55. The normalized spacial score (nSPS) is 15.3. The quantitative estimate of drug-likeness (QED) is 0.589. The standard InChI is InChI=1S/C23H30N4O2.2ClH/c24-22(18-9-5-4-6-10-18)23(29)26-20-13-11-19(12-14-20)25-21(28)17-27-15-7-2-1-3-8-16-27;;/h4-6,9-14,22H,1-3,7-8,15-17,24H2,(H,25,28)(H,26,29);2*1H. The van der Waals surface area contributed by atoms with Crippen LogP contribution in [-0.2, 0) is 9.59 Å². The average Bonchev–Trinajstić information content (AvgIpc) is 2.71. The summed E-state index contributed by atoms with van der Waals surface area (Å²) >= 11 is 0. The molecule has 170 valence electrons. The number of rotatable bonds is 6. The largest absolute Gasteiger partial charge is 0.325 e. The molecule has 1 aliphatic heterocycles. The van der Waals surface area contributed by atoms with E-state index in [9.17, 15) is 9.59 Å². The average molecular weight is 467 g/mol. The number of amides is 2. The lowest BCUT2D eigenvalue weighted by Crippen LogP contribution is -2.35. The van der Waals surface area contributed by atoms with Crippen molar-refractivity contribution in [1.82, 2.24) is 4.90 Å². The molecule has 2 aromatic rings. The van der Waals surface area contributed by atoms with Gasteiger partial charge in [-0.1, -0.05) is 49.6 Å². The Balaban J connectivity index is 0.00000240. The molecule has 0 radical (unpaired) electrons. The number of carbonyl (C=O) groups excluding carboxylic acids is 2. The Bertz CT molecular complexity index is 795. The molecule has 1 unspecified atom stereocenters. The highest BCUT2D eigenvalue weighted by molar-refractivity contribution is 5.96. The molecule has 31 heavy (non-hydrogen) atoms. The molecule has 2 aromatic carbocycles. The first kappa shape index (κ1) is 26.9. The van der Waals surface area contributed by atoms with Gasteiger partial charge in [-0.25, -0.2) is 0 Å². The van der Waals surface area contributed by atoms with Crippen LogP contribution in [0.4, 0.5) is 11.4 Å². The van der Waals surface area contributed by atoms with Crippen molar-refractivity contribution < 1.29 is 9.59 Å². The van der Waals surface area contributed by atoms with Crippen molar-refractivity contribution in [2.75, 3.05) is 30.3 Å². The topological polar surface area (TPSA) is 87.5 Å². The fraction of sp³-hybridized carbons (Fsp3) is 0.391. The molecule has 1 saturated heterocycles. The fourth-order valence-electron chi connectivity index (χ4n) is 3.54. The van der Waals surface area contributed by atoms with Gasteiger partial charge in [-0.15, -0.1) is 24.8 Å². The zero-order valence-corrected chi connectivity index (χ0v) is 19.2. The lowest BCUT2D eigenvalue weighted by Gasteiger charge is -2.23. The number of nitrogens with zero attached hydrogens (tertiary/aromatic N) is 1. The van der Waals surface area contributed by atoms with E-state index in [0.717, 1.165) is 31.5 Å². The molecule has 6 nitrogen and oxygen atoms in total. The van der Waals surface area contributed by atoms with Gasteiger partial charge < -0.3 is 16.4 Å². The van der Waals surface area contributed by atoms with Crippen LogP contribution in [0, 0.1) is 0 Å². The van der Waals surface area contributed by atoms with Crippen molar-refractivity contribution >= 4 is 48.0 Å². The van der Waals surface area contributed by atoms with Gasteiger partial charge in [-0.2, -0.15) is 0 Å². The summed E-state index contributed by atoms with van der Waals surface area (Å²) in [6.07, 6.45) is 6.12.